The van der Waals surface area contributed by atoms with Gasteiger partial charge in [-0.2, -0.15) is 0 Å². The van der Waals surface area contributed by atoms with E-state index < -0.39 is 114 Å². The Labute approximate surface area is 377 Å². The molecule has 4 aliphatic rings. The molecule has 364 valence electrons. The molecule has 1 N–H and O–H groups in total. The average molecular weight is 911 g/mol. The molecule has 0 amide bonds. The predicted octanol–water partition coefficient (Wildman–Crippen LogP) is 4.54. The number of methoxy groups -OCH3 is 1. The lowest BCUT2D eigenvalue weighted by molar-refractivity contribution is -0.318. The number of nitrogens with zero attached hydrogens (tertiary/aromatic N) is 4. The number of hydrogen-bond acceptors (Lipinski definition) is 18. The van der Waals surface area contributed by atoms with Crippen molar-refractivity contribution in [2.45, 2.75) is 192 Å². The summed E-state index contributed by atoms with van der Waals surface area (Å²) in [6.45, 7) is 19.9. The van der Waals surface area contributed by atoms with Crippen LogP contribution in [0.3, 0.4) is 0 Å². The van der Waals surface area contributed by atoms with Crippen LogP contribution < -0.4 is 0 Å². The SMILES string of the molecule is CC[C@H]1OC(=O)[C@H](C)[C@H](O[C@H]2C[C@@](C)(OC)[C@@H](OC(=O)n3ccnc3)[C@H](C)O2)[C@@H](C)[C@@H](O[C@@H]2O[C@H](C)C[C@H](N(C)C)[C@H]2OC(C)=O)[C@](C)(O)C[C@@H](C)CN(C)[C@H](C)[C@H]2OC(=O)O[C@@]21C. The van der Waals surface area contributed by atoms with Crippen LogP contribution in [0.15, 0.2) is 18.7 Å². The fraction of sp³-hybridized carbons (Fsp3) is 0.844. The first-order valence-corrected chi connectivity index (χ1v) is 22.6. The lowest BCUT2D eigenvalue weighted by Gasteiger charge is -2.49. The van der Waals surface area contributed by atoms with Crippen molar-refractivity contribution in [3.05, 3.63) is 18.7 Å². The number of carbonyl (C=O) groups is 4. The van der Waals surface area contributed by atoms with Crippen molar-refractivity contribution in [1.29, 1.82) is 0 Å². The number of cyclic esters (lactones) is 1. The topological polar surface area (TPSA) is 205 Å². The summed E-state index contributed by atoms with van der Waals surface area (Å²) < 4.78 is 64.0. The molecule has 0 aromatic carbocycles. The van der Waals surface area contributed by atoms with E-state index in [-0.39, 0.29) is 37.3 Å². The first-order valence-electron chi connectivity index (χ1n) is 22.6. The second-order valence-electron chi connectivity index (χ2n) is 19.5. The number of likely N-dealkylation sites (N-methyl/N-ethyl adjacent to an activating group) is 2. The predicted molar refractivity (Wildman–Crippen MR) is 229 cm³/mol. The van der Waals surface area contributed by atoms with E-state index in [1.165, 1.54) is 37.3 Å². The summed E-state index contributed by atoms with van der Waals surface area (Å²) in [6.07, 6.45) is -5.19. The Morgan fingerprint density at radius 1 is 0.969 bits per heavy atom. The standard InChI is InChI=1S/C45H74N4O15/c1-16-32-45(11)37(63-42(53)64-45)28(6)48(14)22-24(2)20-43(9,54)36(61-40-35(58-30(8)50)31(47(12)13)19-25(3)56-40)26(4)34(27(5)39(51)59-32)60-33-21-44(10,55-15)38(29(7)57-33)62-41(52)49-18-17-46-23-49/h17-18,23-29,31-38,40,54H,16,19-22H2,1-15H3/t24-,25-,26-,27-,28-,29+,31+,32-,33+,34-,35-,36-,37-,38+,40+,43-,44-,45-/m1/s1. The van der Waals surface area contributed by atoms with Gasteiger partial charge in [-0.05, 0) is 94.8 Å². The van der Waals surface area contributed by atoms with Crippen LogP contribution in [-0.2, 0) is 57.0 Å². The molecule has 0 unspecified atom stereocenters. The van der Waals surface area contributed by atoms with Gasteiger partial charge in [0.2, 0.25) is 0 Å². The van der Waals surface area contributed by atoms with Crippen molar-refractivity contribution in [3.8, 4) is 0 Å². The number of fused-ring (bicyclic) bond motifs is 1. The lowest BCUT2D eigenvalue weighted by Crippen LogP contribution is -2.61. The van der Waals surface area contributed by atoms with Crippen LogP contribution >= 0.6 is 0 Å². The van der Waals surface area contributed by atoms with Crippen molar-refractivity contribution >= 4 is 24.2 Å². The fourth-order valence-electron chi connectivity index (χ4n) is 10.4. The second kappa shape index (κ2) is 20.6. The molecule has 64 heavy (non-hydrogen) atoms. The van der Waals surface area contributed by atoms with E-state index in [1.54, 1.807) is 34.6 Å². The highest BCUT2D eigenvalue weighted by Gasteiger charge is 2.58. The van der Waals surface area contributed by atoms with Crippen molar-refractivity contribution in [2.75, 3.05) is 34.8 Å². The van der Waals surface area contributed by atoms with Gasteiger partial charge in [-0.3, -0.25) is 14.5 Å². The smallest absolute Gasteiger partial charge is 0.458 e. The number of imidazole rings is 1. The van der Waals surface area contributed by atoms with Crippen LogP contribution in [0.1, 0.15) is 102 Å². The Kier molecular flexibility index (Phi) is 16.6. The van der Waals surface area contributed by atoms with E-state index in [2.05, 4.69) is 4.98 Å². The molecule has 0 saturated carbocycles. The second-order valence-corrected chi connectivity index (χ2v) is 19.5. The Hall–Kier alpha value is -3.43. The first-order chi connectivity index (χ1) is 29.8. The third-order valence-corrected chi connectivity index (χ3v) is 13.8. The van der Waals surface area contributed by atoms with Gasteiger partial charge in [0.1, 0.15) is 18.0 Å². The van der Waals surface area contributed by atoms with Gasteiger partial charge in [0.05, 0.1) is 42.0 Å². The van der Waals surface area contributed by atoms with Gasteiger partial charge < -0.3 is 57.4 Å². The van der Waals surface area contributed by atoms with Gasteiger partial charge in [-0.1, -0.05) is 20.8 Å². The van der Waals surface area contributed by atoms with E-state index in [9.17, 15) is 24.3 Å². The molecule has 19 nitrogen and oxygen atoms in total. The zero-order valence-electron chi connectivity index (χ0n) is 40.4. The third-order valence-electron chi connectivity index (χ3n) is 13.8. The molecule has 1 aromatic rings. The molecule has 0 spiro atoms. The van der Waals surface area contributed by atoms with Gasteiger partial charge in [0, 0.05) is 51.4 Å². The maximum Gasteiger partial charge on any atom is 0.509 e. The van der Waals surface area contributed by atoms with E-state index in [0.29, 0.717) is 13.0 Å². The zero-order valence-corrected chi connectivity index (χ0v) is 40.4. The van der Waals surface area contributed by atoms with Crippen LogP contribution in [0.4, 0.5) is 9.59 Å². The molecule has 4 aliphatic heterocycles. The van der Waals surface area contributed by atoms with Crippen LogP contribution in [0.5, 0.6) is 0 Å². The Balaban J connectivity index is 1.60. The minimum absolute atomic E-state index is 0.0524. The molecular weight excluding hydrogens is 837 g/mol. The zero-order chi connectivity index (χ0) is 47.6. The lowest BCUT2D eigenvalue weighted by atomic mass is 9.77. The summed E-state index contributed by atoms with van der Waals surface area (Å²) in [5, 5.41) is 12.9. The molecular formula is C45H74N4O15. The van der Waals surface area contributed by atoms with Crippen LogP contribution in [-0.4, -0.2) is 174 Å². The van der Waals surface area contributed by atoms with E-state index in [0.717, 1.165) is 0 Å². The minimum atomic E-state index is -1.63. The van der Waals surface area contributed by atoms with Gasteiger partial charge in [0.15, 0.2) is 36.5 Å². The molecule has 18 atom stereocenters. The summed E-state index contributed by atoms with van der Waals surface area (Å²) in [4.78, 5) is 61.3. The van der Waals surface area contributed by atoms with Crippen LogP contribution in [0.2, 0.25) is 0 Å². The number of hydrogen-bond donors (Lipinski definition) is 1. The average Bonchev–Trinajstić information content (AvgIpc) is 3.86. The Morgan fingerprint density at radius 2 is 1.66 bits per heavy atom. The van der Waals surface area contributed by atoms with Gasteiger partial charge in [-0.15, -0.1) is 0 Å². The number of rotatable bonds is 9. The highest BCUT2D eigenvalue weighted by atomic mass is 16.8. The highest BCUT2D eigenvalue weighted by molar-refractivity contribution is 5.73. The van der Waals surface area contributed by atoms with E-state index >= 15 is 0 Å². The highest BCUT2D eigenvalue weighted by Crippen LogP contribution is 2.42. The van der Waals surface area contributed by atoms with Gasteiger partial charge in [-0.25, -0.2) is 19.1 Å². The molecule has 1 aromatic heterocycles. The monoisotopic (exact) mass is 911 g/mol. The summed E-state index contributed by atoms with van der Waals surface area (Å²) in [5.41, 5.74) is -4.13. The molecule has 0 bridgehead atoms. The van der Waals surface area contributed by atoms with Crippen molar-refractivity contribution in [3.63, 3.8) is 0 Å². The van der Waals surface area contributed by atoms with Gasteiger partial charge >= 0.3 is 24.2 Å². The quantitative estimate of drug-likeness (QED) is 0.267. The molecule has 0 radical (unpaired) electrons. The number of esters is 2. The van der Waals surface area contributed by atoms with Gasteiger partial charge in [0.25, 0.3) is 0 Å². The summed E-state index contributed by atoms with van der Waals surface area (Å²) in [6, 6.07) is -0.688. The number of aromatic nitrogens is 2. The molecule has 0 aliphatic carbocycles. The molecule has 4 saturated heterocycles. The third kappa shape index (κ3) is 11.2. The fourth-order valence-corrected chi connectivity index (χ4v) is 10.4. The van der Waals surface area contributed by atoms with E-state index in [4.69, 9.17) is 47.4 Å². The number of aliphatic hydroxyl groups is 1. The normalized spacial score (nSPS) is 42.9. The molecule has 5 heterocycles. The first kappa shape index (κ1) is 51.6. The maximum atomic E-state index is 14.7. The molecule has 19 heteroatoms. The Bertz CT molecular complexity index is 1750. The van der Waals surface area contributed by atoms with Crippen molar-refractivity contribution in [2.24, 2.45) is 17.8 Å². The number of ether oxygens (including phenoxy) is 10. The largest absolute Gasteiger partial charge is 0.509 e. The van der Waals surface area contributed by atoms with E-state index in [1.807, 2.05) is 65.6 Å². The van der Waals surface area contributed by atoms with Crippen molar-refractivity contribution in [1.82, 2.24) is 19.4 Å². The molecule has 4 fully saturated rings. The van der Waals surface area contributed by atoms with Crippen LogP contribution in [0.25, 0.3) is 0 Å². The number of carbonyl (C=O) groups excluding carboxylic acids is 4. The van der Waals surface area contributed by atoms with Crippen LogP contribution in [0, 0.1) is 17.8 Å². The van der Waals surface area contributed by atoms with Crippen molar-refractivity contribution < 1.29 is 71.7 Å². The summed E-state index contributed by atoms with van der Waals surface area (Å²) in [7, 11) is 7.19. The summed E-state index contributed by atoms with van der Waals surface area (Å²) in [5.74, 6) is -3.27. The summed E-state index contributed by atoms with van der Waals surface area (Å²) >= 11 is 0. The minimum Gasteiger partial charge on any atom is -0.458 e. The molecule has 5 rings (SSSR count). The Morgan fingerprint density at radius 3 is 2.25 bits per heavy atom. The maximum absolute atomic E-state index is 14.7.